The molecule has 0 amide bonds. The monoisotopic (exact) mass is 306 g/mol. The zero-order valence-corrected chi connectivity index (χ0v) is 11.5. The minimum absolute atomic E-state index is 0. The van der Waals surface area contributed by atoms with Crippen molar-refractivity contribution in [2.45, 2.75) is 6.36 Å². The molecule has 1 nitrogen and oxygen atoms in total. The molecule has 1 atom stereocenters. The summed E-state index contributed by atoms with van der Waals surface area (Å²) < 4.78 is 40.7. The summed E-state index contributed by atoms with van der Waals surface area (Å²) in [7, 11) is 0.136. The number of hydrogen-bond donors (Lipinski definition) is 0. The molecule has 2 aromatic carbocycles. The van der Waals surface area contributed by atoms with Crippen molar-refractivity contribution in [2.75, 3.05) is 0 Å². The van der Waals surface area contributed by atoms with Gasteiger partial charge >= 0.3 is 6.36 Å². The van der Waals surface area contributed by atoms with Crippen molar-refractivity contribution >= 4 is 31.6 Å². The molecule has 0 spiro atoms. The summed E-state index contributed by atoms with van der Waals surface area (Å²) in [6, 6.07) is 15.5. The van der Waals surface area contributed by atoms with Gasteiger partial charge in [0.25, 0.3) is 0 Å². The summed E-state index contributed by atoms with van der Waals surface area (Å²) in [6.07, 6.45) is -4.66. The molecule has 0 bridgehead atoms. The van der Waals surface area contributed by atoms with Gasteiger partial charge in [0, 0.05) is 5.30 Å². The molecule has 6 heteroatoms. The van der Waals surface area contributed by atoms with Crippen LogP contribution in [0.25, 0.3) is 0 Å². The molecule has 1 unspecified atom stereocenters. The maximum atomic E-state index is 12.2. The molecular weight excluding hydrogens is 296 g/mol. The van der Waals surface area contributed by atoms with Crippen LogP contribution in [-0.2, 0) is 0 Å². The third-order valence-electron chi connectivity index (χ3n) is 2.17. The van der Waals surface area contributed by atoms with Crippen molar-refractivity contribution in [3.63, 3.8) is 0 Å². The lowest BCUT2D eigenvalue weighted by molar-refractivity contribution is -0.274. The first-order valence-electron chi connectivity index (χ1n) is 5.21. The Labute approximate surface area is 117 Å². The largest absolute Gasteiger partial charge is 0.573 e. The average Bonchev–Trinajstić information content (AvgIpc) is 2.31. The van der Waals surface area contributed by atoms with Gasteiger partial charge in [-0.1, -0.05) is 57.1 Å². The van der Waals surface area contributed by atoms with Crippen molar-refractivity contribution in [1.82, 2.24) is 0 Å². The Morgan fingerprint density at radius 2 is 1.42 bits per heavy atom. The van der Waals surface area contributed by atoms with Crippen molar-refractivity contribution in [1.29, 1.82) is 0 Å². The maximum absolute atomic E-state index is 12.2. The third-order valence-corrected chi connectivity index (χ3v) is 3.47. The Kier molecular flexibility index (Phi) is 5.64. The molecule has 0 aliphatic heterocycles. The van der Waals surface area contributed by atoms with Gasteiger partial charge in [0.1, 0.15) is 5.75 Å². The van der Waals surface area contributed by atoms with Gasteiger partial charge in [-0.2, -0.15) is 0 Å². The van der Waals surface area contributed by atoms with Crippen molar-refractivity contribution < 1.29 is 17.9 Å². The lowest BCUT2D eigenvalue weighted by Gasteiger charge is -2.13. The maximum Gasteiger partial charge on any atom is 0.573 e. The topological polar surface area (TPSA) is 9.23 Å². The molecular formula is C13H11ClF3OP. The highest BCUT2D eigenvalue weighted by Crippen LogP contribution is 2.25. The van der Waals surface area contributed by atoms with E-state index in [0.717, 1.165) is 5.30 Å². The standard InChI is InChI=1S/C13H10F3OP.ClH/c14-13(15,16)17-11-8-4-5-9-12(11)18-10-6-2-1-3-7-10;/h1-9,18H;1H. The fourth-order valence-electron chi connectivity index (χ4n) is 1.46. The molecule has 2 aromatic rings. The third kappa shape index (κ3) is 5.09. The predicted molar refractivity (Wildman–Crippen MR) is 74.4 cm³/mol. The first-order chi connectivity index (χ1) is 8.54. The lowest BCUT2D eigenvalue weighted by atomic mass is 10.3. The summed E-state index contributed by atoms with van der Waals surface area (Å²) >= 11 is 0. The summed E-state index contributed by atoms with van der Waals surface area (Å²) in [6.45, 7) is 0. The van der Waals surface area contributed by atoms with Gasteiger partial charge in [0.05, 0.1) is 0 Å². The molecule has 0 saturated carbocycles. The van der Waals surface area contributed by atoms with Gasteiger partial charge in [-0.15, -0.1) is 25.6 Å². The van der Waals surface area contributed by atoms with Crippen LogP contribution >= 0.6 is 21.0 Å². The van der Waals surface area contributed by atoms with Crippen molar-refractivity contribution in [2.24, 2.45) is 0 Å². The van der Waals surface area contributed by atoms with Crippen LogP contribution in [0.15, 0.2) is 54.6 Å². The van der Waals surface area contributed by atoms with Crippen LogP contribution in [0.5, 0.6) is 5.75 Å². The first-order valence-corrected chi connectivity index (χ1v) is 6.21. The second kappa shape index (κ2) is 6.78. The van der Waals surface area contributed by atoms with Crippen molar-refractivity contribution in [3.05, 3.63) is 54.6 Å². The Morgan fingerprint density at radius 1 is 0.842 bits per heavy atom. The van der Waals surface area contributed by atoms with Gasteiger partial charge in [-0.3, -0.25) is 0 Å². The highest BCUT2D eigenvalue weighted by atomic mass is 35.5. The van der Waals surface area contributed by atoms with E-state index >= 15 is 0 Å². The smallest absolute Gasteiger partial charge is 0.405 e. The Balaban J connectivity index is 0.00000180. The molecule has 0 saturated heterocycles. The molecule has 0 radical (unpaired) electrons. The fraction of sp³-hybridized carbons (Fsp3) is 0.0769. The molecule has 2 rings (SSSR count). The number of para-hydroxylation sites is 1. The van der Waals surface area contributed by atoms with Crippen LogP contribution in [0.4, 0.5) is 13.2 Å². The van der Waals surface area contributed by atoms with Crippen molar-refractivity contribution in [3.8, 4) is 5.75 Å². The van der Waals surface area contributed by atoms with Crippen LogP contribution in [0, 0.1) is 0 Å². The summed E-state index contributed by atoms with van der Waals surface area (Å²) in [5, 5.41) is 1.51. The van der Waals surface area contributed by atoms with Gasteiger partial charge < -0.3 is 4.74 Å². The SMILES string of the molecule is Cl.FC(F)(F)Oc1ccccc1Pc1ccccc1. The molecule has 0 fully saturated rings. The average molecular weight is 307 g/mol. The summed E-state index contributed by atoms with van der Waals surface area (Å²) in [4.78, 5) is 0. The number of halogens is 4. The van der Waals surface area contributed by atoms with E-state index in [1.807, 2.05) is 30.3 Å². The normalized spacial score (nSPS) is 11.3. The van der Waals surface area contributed by atoms with E-state index in [1.54, 1.807) is 12.1 Å². The number of benzene rings is 2. The van der Waals surface area contributed by atoms with E-state index in [4.69, 9.17) is 0 Å². The van der Waals surface area contributed by atoms with Crippen LogP contribution in [0.3, 0.4) is 0 Å². The minimum Gasteiger partial charge on any atom is -0.405 e. The van der Waals surface area contributed by atoms with Gasteiger partial charge in [-0.25, -0.2) is 0 Å². The van der Waals surface area contributed by atoms with Gasteiger partial charge in [0.2, 0.25) is 0 Å². The van der Waals surface area contributed by atoms with Crippen LogP contribution in [0.2, 0.25) is 0 Å². The molecule has 19 heavy (non-hydrogen) atoms. The molecule has 102 valence electrons. The Hall–Kier alpha value is -1.25. The van der Waals surface area contributed by atoms with E-state index in [1.165, 1.54) is 12.1 Å². The molecule has 0 N–H and O–H groups in total. The molecule has 0 aromatic heterocycles. The number of ether oxygens (including phenoxy) is 1. The van der Waals surface area contributed by atoms with E-state index in [2.05, 4.69) is 4.74 Å². The van der Waals surface area contributed by atoms with Crippen LogP contribution in [-0.4, -0.2) is 6.36 Å². The van der Waals surface area contributed by atoms with Crippen LogP contribution in [0.1, 0.15) is 0 Å². The molecule has 0 aliphatic rings. The summed E-state index contributed by atoms with van der Waals surface area (Å²) in [5.74, 6) is -0.132. The second-order valence-electron chi connectivity index (χ2n) is 3.53. The molecule has 0 heterocycles. The lowest BCUT2D eigenvalue weighted by Crippen LogP contribution is -2.21. The zero-order valence-electron chi connectivity index (χ0n) is 9.65. The van der Waals surface area contributed by atoms with E-state index in [0.29, 0.717) is 5.30 Å². The number of rotatable bonds is 3. The number of alkyl halides is 3. The minimum atomic E-state index is -4.66. The van der Waals surface area contributed by atoms with Gasteiger partial charge in [-0.05, 0) is 11.4 Å². The highest BCUT2D eigenvalue weighted by Gasteiger charge is 2.31. The van der Waals surface area contributed by atoms with Gasteiger partial charge in [0.15, 0.2) is 0 Å². The van der Waals surface area contributed by atoms with E-state index in [-0.39, 0.29) is 26.7 Å². The predicted octanol–water partition coefficient (Wildman–Crippen LogP) is 3.64. The summed E-state index contributed by atoms with van der Waals surface area (Å²) in [5.41, 5.74) is 0. The fourth-order valence-corrected chi connectivity index (χ4v) is 2.57. The quantitative estimate of drug-likeness (QED) is 0.787. The zero-order chi connectivity index (χ0) is 13.0. The number of hydrogen-bond acceptors (Lipinski definition) is 1. The van der Waals surface area contributed by atoms with Crippen LogP contribution < -0.4 is 15.3 Å². The Morgan fingerprint density at radius 3 is 2.05 bits per heavy atom. The van der Waals surface area contributed by atoms with E-state index in [9.17, 15) is 13.2 Å². The first kappa shape index (κ1) is 15.8. The molecule has 0 aliphatic carbocycles. The second-order valence-corrected chi connectivity index (χ2v) is 4.90. The highest BCUT2D eigenvalue weighted by molar-refractivity contribution is 7.55. The Bertz CT molecular complexity index is 517. The van der Waals surface area contributed by atoms with E-state index < -0.39 is 6.36 Å².